The van der Waals surface area contributed by atoms with Crippen molar-refractivity contribution in [3.63, 3.8) is 0 Å². The highest BCUT2D eigenvalue weighted by molar-refractivity contribution is 4.90. The molecule has 0 amide bonds. The molecule has 1 aliphatic rings. The van der Waals surface area contributed by atoms with E-state index in [9.17, 15) is 0 Å². The summed E-state index contributed by atoms with van der Waals surface area (Å²) in [7, 11) is 0. The van der Waals surface area contributed by atoms with E-state index in [0.29, 0.717) is 5.92 Å². The van der Waals surface area contributed by atoms with Crippen LogP contribution in [0.2, 0.25) is 0 Å². The van der Waals surface area contributed by atoms with Crippen LogP contribution in [0.25, 0.3) is 0 Å². The van der Waals surface area contributed by atoms with Gasteiger partial charge in [0.2, 0.25) is 0 Å². The molecule has 1 unspecified atom stereocenters. The van der Waals surface area contributed by atoms with Crippen molar-refractivity contribution in [3.05, 3.63) is 0 Å². The van der Waals surface area contributed by atoms with Crippen molar-refractivity contribution in [2.24, 2.45) is 17.8 Å². The molecule has 2 nitrogen and oxygen atoms in total. The lowest BCUT2D eigenvalue weighted by molar-refractivity contribution is -0.0904. The molecule has 0 aromatic rings. The Bertz CT molecular complexity index is 256. The van der Waals surface area contributed by atoms with Gasteiger partial charge in [-0.2, -0.15) is 0 Å². The zero-order valence-electron chi connectivity index (χ0n) is 15.2. The Morgan fingerprint density at radius 1 is 1.10 bits per heavy atom. The fraction of sp³-hybridized carbons (Fsp3) is 1.00. The maximum Gasteiger partial charge on any atom is 0.0806 e. The zero-order valence-corrected chi connectivity index (χ0v) is 15.2. The highest BCUT2D eigenvalue weighted by atomic mass is 16.5. The summed E-state index contributed by atoms with van der Waals surface area (Å²) in [6.07, 6.45) is 8.92. The molecule has 0 aromatic heterocycles. The molecule has 1 saturated carbocycles. The van der Waals surface area contributed by atoms with Gasteiger partial charge in [-0.15, -0.1) is 0 Å². The van der Waals surface area contributed by atoms with Gasteiger partial charge in [0, 0.05) is 13.2 Å². The van der Waals surface area contributed by atoms with E-state index in [2.05, 4.69) is 39.9 Å². The monoisotopic (exact) mass is 297 g/mol. The Labute approximate surface area is 133 Å². The minimum absolute atomic E-state index is 0.114. The Morgan fingerprint density at radius 3 is 2.29 bits per heavy atom. The van der Waals surface area contributed by atoms with Gasteiger partial charge in [0.15, 0.2) is 0 Å². The second-order valence-electron chi connectivity index (χ2n) is 7.65. The van der Waals surface area contributed by atoms with E-state index < -0.39 is 0 Å². The van der Waals surface area contributed by atoms with E-state index in [1.165, 1.54) is 44.9 Å². The van der Waals surface area contributed by atoms with Gasteiger partial charge >= 0.3 is 0 Å². The fourth-order valence-electron chi connectivity index (χ4n) is 3.59. The molecule has 0 spiro atoms. The van der Waals surface area contributed by atoms with Gasteiger partial charge in [-0.25, -0.2) is 0 Å². The van der Waals surface area contributed by atoms with Crippen LogP contribution in [-0.2, 0) is 4.74 Å². The van der Waals surface area contributed by atoms with Gasteiger partial charge in [-0.05, 0) is 62.8 Å². The molecule has 21 heavy (non-hydrogen) atoms. The van der Waals surface area contributed by atoms with Crippen LogP contribution < -0.4 is 5.32 Å². The number of hydrogen-bond donors (Lipinski definition) is 1. The second kappa shape index (κ2) is 9.84. The predicted molar refractivity (Wildman–Crippen MR) is 92.7 cm³/mol. The van der Waals surface area contributed by atoms with Crippen molar-refractivity contribution in [1.82, 2.24) is 5.32 Å². The summed E-state index contributed by atoms with van der Waals surface area (Å²) in [6.45, 7) is 14.7. The average Bonchev–Trinajstić information content (AvgIpc) is 2.46. The van der Waals surface area contributed by atoms with Crippen molar-refractivity contribution >= 4 is 0 Å². The third kappa shape index (κ3) is 6.69. The second-order valence-corrected chi connectivity index (χ2v) is 7.65. The number of nitrogens with one attached hydrogen (secondary N) is 1. The van der Waals surface area contributed by atoms with Crippen LogP contribution in [0.1, 0.15) is 79.6 Å². The lowest BCUT2D eigenvalue weighted by Crippen LogP contribution is -2.47. The first-order chi connectivity index (χ1) is 10.0. The molecule has 1 fully saturated rings. The van der Waals surface area contributed by atoms with Crippen LogP contribution in [0.5, 0.6) is 0 Å². The van der Waals surface area contributed by atoms with Gasteiger partial charge in [0.05, 0.1) is 5.60 Å². The third-order valence-electron chi connectivity index (χ3n) is 5.21. The Kier molecular flexibility index (Phi) is 8.89. The summed E-state index contributed by atoms with van der Waals surface area (Å²) >= 11 is 0. The molecule has 1 rings (SSSR count). The molecular formula is C19H39NO. The quantitative estimate of drug-likeness (QED) is 0.571. The molecule has 0 heterocycles. The SMILES string of the molecule is CCCNCC1(OCC(C)CCC)CCC(C(C)C)CC1. The predicted octanol–water partition coefficient (Wildman–Crippen LogP) is 5.02. The number of ether oxygens (including phenoxy) is 1. The van der Waals surface area contributed by atoms with Crippen LogP contribution >= 0.6 is 0 Å². The first-order valence-electron chi connectivity index (χ1n) is 9.37. The van der Waals surface area contributed by atoms with Crippen molar-refractivity contribution < 1.29 is 4.74 Å². The summed E-state index contributed by atoms with van der Waals surface area (Å²) in [5.74, 6) is 2.42. The molecule has 0 radical (unpaired) electrons. The molecular weight excluding hydrogens is 258 g/mol. The maximum absolute atomic E-state index is 6.50. The highest BCUT2D eigenvalue weighted by Crippen LogP contribution is 2.38. The minimum atomic E-state index is 0.114. The smallest absolute Gasteiger partial charge is 0.0806 e. The normalized spacial score (nSPS) is 28.0. The highest BCUT2D eigenvalue weighted by Gasteiger charge is 2.36. The molecule has 2 heteroatoms. The van der Waals surface area contributed by atoms with Crippen molar-refractivity contribution in [2.75, 3.05) is 19.7 Å². The van der Waals surface area contributed by atoms with Gasteiger partial charge in [0.25, 0.3) is 0 Å². The van der Waals surface area contributed by atoms with Gasteiger partial charge in [-0.1, -0.05) is 41.0 Å². The van der Waals surface area contributed by atoms with E-state index in [4.69, 9.17) is 4.74 Å². The first kappa shape index (κ1) is 19.0. The molecule has 1 N–H and O–H groups in total. The van der Waals surface area contributed by atoms with Crippen molar-refractivity contribution in [2.45, 2.75) is 85.2 Å². The minimum Gasteiger partial charge on any atom is -0.373 e. The molecule has 1 atom stereocenters. The molecule has 0 saturated heterocycles. The molecule has 126 valence electrons. The lowest BCUT2D eigenvalue weighted by Gasteiger charge is -2.42. The lowest BCUT2D eigenvalue weighted by atomic mass is 9.74. The van der Waals surface area contributed by atoms with Crippen LogP contribution in [-0.4, -0.2) is 25.3 Å². The van der Waals surface area contributed by atoms with E-state index in [1.54, 1.807) is 0 Å². The van der Waals surface area contributed by atoms with Crippen LogP contribution in [0.15, 0.2) is 0 Å². The molecule has 1 aliphatic carbocycles. The fourth-order valence-corrected chi connectivity index (χ4v) is 3.59. The van der Waals surface area contributed by atoms with Crippen LogP contribution in [0.3, 0.4) is 0 Å². The Morgan fingerprint density at radius 2 is 1.76 bits per heavy atom. The summed E-state index contributed by atoms with van der Waals surface area (Å²) in [6, 6.07) is 0. The van der Waals surface area contributed by atoms with Crippen LogP contribution in [0.4, 0.5) is 0 Å². The van der Waals surface area contributed by atoms with Gasteiger partial charge in [-0.3, -0.25) is 0 Å². The first-order valence-corrected chi connectivity index (χ1v) is 9.37. The summed E-state index contributed by atoms with van der Waals surface area (Å²) in [4.78, 5) is 0. The van der Waals surface area contributed by atoms with Gasteiger partial charge in [0.1, 0.15) is 0 Å². The topological polar surface area (TPSA) is 21.3 Å². The summed E-state index contributed by atoms with van der Waals surface area (Å²) in [5, 5.41) is 3.62. The summed E-state index contributed by atoms with van der Waals surface area (Å²) in [5.41, 5.74) is 0.114. The molecule has 0 aromatic carbocycles. The number of hydrogen-bond acceptors (Lipinski definition) is 2. The third-order valence-corrected chi connectivity index (χ3v) is 5.21. The van der Waals surface area contributed by atoms with E-state index in [-0.39, 0.29) is 5.60 Å². The average molecular weight is 298 g/mol. The van der Waals surface area contributed by atoms with Crippen molar-refractivity contribution in [1.29, 1.82) is 0 Å². The van der Waals surface area contributed by atoms with Gasteiger partial charge < -0.3 is 10.1 Å². The van der Waals surface area contributed by atoms with E-state index in [0.717, 1.165) is 31.5 Å². The van der Waals surface area contributed by atoms with E-state index in [1.807, 2.05) is 0 Å². The zero-order chi connectivity index (χ0) is 15.7. The maximum atomic E-state index is 6.50. The van der Waals surface area contributed by atoms with Crippen molar-refractivity contribution in [3.8, 4) is 0 Å². The number of rotatable bonds is 10. The molecule has 0 aliphatic heterocycles. The Hall–Kier alpha value is -0.0800. The standard InChI is InChI=1S/C19H39NO/c1-6-8-17(5)14-21-19(15-20-13-7-2)11-9-18(10-12-19)16(3)4/h16-18,20H,6-15H2,1-5H3. The Balaban J connectivity index is 2.51. The largest absolute Gasteiger partial charge is 0.373 e. The summed E-state index contributed by atoms with van der Waals surface area (Å²) < 4.78 is 6.50. The van der Waals surface area contributed by atoms with E-state index >= 15 is 0 Å². The molecule has 0 bridgehead atoms. The van der Waals surface area contributed by atoms with Crippen LogP contribution in [0, 0.1) is 17.8 Å².